The molecule has 7 heteroatoms. The van der Waals surface area contributed by atoms with Crippen LogP contribution < -0.4 is 5.32 Å². The van der Waals surface area contributed by atoms with Gasteiger partial charge in [0, 0.05) is 11.6 Å². The predicted octanol–water partition coefficient (Wildman–Crippen LogP) is 2.00. The van der Waals surface area contributed by atoms with Crippen LogP contribution in [-0.4, -0.2) is 27.0 Å². The molecule has 116 valence electrons. The number of rotatable bonds is 4. The molecule has 22 heavy (non-hydrogen) atoms. The monoisotopic (exact) mass is 303 g/mol. The van der Waals surface area contributed by atoms with E-state index < -0.39 is 5.97 Å². The highest BCUT2D eigenvalue weighted by molar-refractivity contribution is 5.94. The highest BCUT2D eigenvalue weighted by atomic mass is 16.4. The second-order valence-electron chi connectivity index (χ2n) is 5.79. The van der Waals surface area contributed by atoms with Gasteiger partial charge in [-0.05, 0) is 12.1 Å². The quantitative estimate of drug-likeness (QED) is 0.895. The fourth-order valence-electron chi connectivity index (χ4n) is 1.65. The minimum Gasteiger partial charge on any atom is -0.477 e. The van der Waals surface area contributed by atoms with Crippen LogP contribution in [0.4, 0.5) is 0 Å². The van der Waals surface area contributed by atoms with E-state index in [9.17, 15) is 9.59 Å². The molecule has 0 spiro atoms. The SMILES string of the molecule is CC(C)(C)c1cnc(CNC(=O)c2ccc(C(=O)O)nc2)o1. The summed E-state index contributed by atoms with van der Waals surface area (Å²) in [6.07, 6.45) is 2.86. The summed E-state index contributed by atoms with van der Waals surface area (Å²) in [5, 5.41) is 11.4. The Morgan fingerprint density at radius 3 is 2.45 bits per heavy atom. The van der Waals surface area contributed by atoms with Crippen LogP contribution >= 0.6 is 0 Å². The average Bonchev–Trinajstić information content (AvgIpc) is 2.94. The first-order chi connectivity index (χ1) is 10.3. The van der Waals surface area contributed by atoms with Crippen molar-refractivity contribution in [2.24, 2.45) is 0 Å². The molecule has 2 N–H and O–H groups in total. The normalized spacial score (nSPS) is 11.2. The molecule has 1 amide bonds. The Labute approximate surface area is 127 Å². The predicted molar refractivity (Wildman–Crippen MR) is 77.6 cm³/mol. The lowest BCUT2D eigenvalue weighted by Crippen LogP contribution is -2.23. The molecule has 0 unspecified atom stereocenters. The highest BCUT2D eigenvalue weighted by Crippen LogP contribution is 2.22. The third-order valence-corrected chi connectivity index (χ3v) is 2.94. The van der Waals surface area contributed by atoms with Crippen molar-refractivity contribution < 1.29 is 19.1 Å². The van der Waals surface area contributed by atoms with Gasteiger partial charge in [-0.15, -0.1) is 0 Å². The van der Waals surface area contributed by atoms with Crippen molar-refractivity contribution in [3.8, 4) is 0 Å². The molecule has 0 saturated heterocycles. The minimum absolute atomic E-state index is 0.112. The number of hydrogen-bond donors (Lipinski definition) is 2. The lowest BCUT2D eigenvalue weighted by Gasteiger charge is -2.13. The second-order valence-corrected chi connectivity index (χ2v) is 5.79. The molecule has 0 fully saturated rings. The number of aromatic nitrogens is 2. The van der Waals surface area contributed by atoms with Gasteiger partial charge >= 0.3 is 5.97 Å². The molecule has 0 saturated carbocycles. The van der Waals surface area contributed by atoms with Crippen molar-refractivity contribution in [1.82, 2.24) is 15.3 Å². The van der Waals surface area contributed by atoms with Crippen LogP contribution in [0.3, 0.4) is 0 Å². The number of carbonyl (C=O) groups is 2. The number of pyridine rings is 1. The van der Waals surface area contributed by atoms with Crippen molar-refractivity contribution >= 4 is 11.9 Å². The molecule has 7 nitrogen and oxygen atoms in total. The molecule has 0 radical (unpaired) electrons. The molecule has 0 aromatic carbocycles. The van der Waals surface area contributed by atoms with E-state index in [1.165, 1.54) is 18.3 Å². The molecule has 0 aliphatic rings. The van der Waals surface area contributed by atoms with Crippen LogP contribution in [0, 0.1) is 0 Å². The van der Waals surface area contributed by atoms with Crippen molar-refractivity contribution in [3.63, 3.8) is 0 Å². The zero-order valence-corrected chi connectivity index (χ0v) is 12.6. The summed E-state index contributed by atoms with van der Waals surface area (Å²) in [4.78, 5) is 30.4. The molecule has 0 aliphatic carbocycles. The van der Waals surface area contributed by atoms with Crippen molar-refractivity contribution in [2.75, 3.05) is 0 Å². The van der Waals surface area contributed by atoms with Gasteiger partial charge < -0.3 is 14.8 Å². The third kappa shape index (κ3) is 3.69. The zero-order chi connectivity index (χ0) is 16.3. The Hall–Kier alpha value is -2.70. The van der Waals surface area contributed by atoms with Crippen molar-refractivity contribution in [3.05, 3.63) is 47.4 Å². The summed E-state index contributed by atoms with van der Waals surface area (Å²) in [6.45, 7) is 6.16. The molecule has 2 heterocycles. The number of carbonyl (C=O) groups excluding carboxylic acids is 1. The maximum absolute atomic E-state index is 11.9. The van der Waals surface area contributed by atoms with E-state index in [2.05, 4.69) is 15.3 Å². The Morgan fingerprint density at radius 1 is 1.23 bits per heavy atom. The van der Waals surface area contributed by atoms with Gasteiger partial charge in [0.15, 0.2) is 0 Å². The number of hydrogen-bond acceptors (Lipinski definition) is 5. The van der Waals surface area contributed by atoms with Crippen LogP contribution in [0.25, 0.3) is 0 Å². The smallest absolute Gasteiger partial charge is 0.354 e. The Kier molecular flexibility index (Phi) is 4.25. The summed E-state index contributed by atoms with van der Waals surface area (Å²) in [7, 11) is 0. The van der Waals surface area contributed by atoms with Gasteiger partial charge in [-0.2, -0.15) is 0 Å². The van der Waals surface area contributed by atoms with Gasteiger partial charge in [0.05, 0.1) is 18.3 Å². The lowest BCUT2D eigenvalue weighted by molar-refractivity contribution is 0.0689. The summed E-state index contributed by atoms with van der Waals surface area (Å²) in [6, 6.07) is 2.68. The number of carboxylic acid groups (broad SMARTS) is 1. The van der Waals surface area contributed by atoms with E-state index in [0.29, 0.717) is 5.89 Å². The number of nitrogens with one attached hydrogen (secondary N) is 1. The third-order valence-electron chi connectivity index (χ3n) is 2.94. The molecule has 0 atom stereocenters. The standard InChI is InChI=1S/C15H17N3O4/c1-15(2,3)11-7-17-12(22-11)8-18-13(19)9-4-5-10(14(20)21)16-6-9/h4-7H,8H2,1-3H3,(H,18,19)(H,20,21). The number of aromatic carboxylic acids is 1. The van der Waals surface area contributed by atoms with E-state index >= 15 is 0 Å². The van der Waals surface area contributed by atoms with E-state index in [1.54, 1.807) is 6.20 Å². The highest BCUT2D eigenvalue weighted by Gasteiger charge is 2.19. The summed E-state index contributed by atoms with van der Waals surface area (Å²) >= 11 is 0. The Balaban J connectivity index is 1.98. The molecule has 2 rings (SSSR count). The van der Waals surface area contributed by atoms with Gasteiger partial charge in [-0.1, -0.05) is 20.8 Å². The number of nitrogens with zero attached hydrogens (tertiary/aromatic N) is 2. The van der Waals surface area contributed by atoms with Crippen molar-refractivity contribution in [1.29, 1.82) is 0 Å². The van der Waals surface area contributed by atoms with Crippen LogP contribution in [0.1, 0.15) is 53.3 Å². The van der Waals surface area contributed by atoms with Crippen molar-refractivity contribution in [2.45, 2.75) is 32.7 Å². The van der Waals surface area contributed by atoms with Crippen LogP contribution in [0.15, 0.2) is 28.9 Å². The van der Waals surface area contributed by atoms with E-state index in [4.69, 9.17) is 9.52 Å². The molecular formula is C15H17N3O4. The summed E-state index contributed by atoms with van der Waals surface area (Å²) in [5.74, 6) is -0.362. The Bertz CT molecular complexity index is 684. The van der Waals surface area contributed by atoms with E-state index in [0.717, 1.165) is 5.76 Å². The molecule has 2 aromatic heterocycles. The zero-order valence-electron chi connectivity index (χ0n) is 12.6. The van der Waals surface area contributed by atoms with Gasteiger partial charge in [0.2, 0.25) is 5.89 Å². The van der Waals surface area contributed by atoms with Crippen LogP contribution in [0.5, 0.6) is 0 Å². The number of amides is 1. The first kappa shape index (κ1) is 15.7. The van der Waals surface area contributed by atoms with Gasteiger partial charge in [-0.3, -0.25) is 4.79 Å². The first-order valence-corrected chi connectivity index (χ1v) is 6.70. The second kappa shape index (κ2) is 5.97. The van der Waals surface area contributed by atoms with E-state index in [-0.39, 0.29) is 29.1 Å². The number of oxazole rings is 1. The lowest BCUT2D eigenvalue weighted by atomic mass is 9.94. The fourth-order valence-corrected chi connectivity index (χ4v) is 1.65. The molecule has 0 aliphatic heterocycles. The molecule has 0 bridgehead atoms. The van der Waals surface area contributed by atoms with Crippen LogP contribution in [0.2, 0.25) is 0 Å². The average molecular weight is 303 g/mol. The Morgan fingerprint density at radius 2 is 1.95 bits per heavy atom. The summed E-state index contributed by atoms with van der Waals surface area (Å²) < 4.78 is 5.57. The molecular weight excluding hydrogens is 286 g/mol. The molecule has 2 aromatic rings. The van der Waals surface area contributed by atoms with E-state index in [1.807, 2.05) is 20.8 Å². The first-order valence-electron chi connectivity index (χ1n) is 6.70. The summed E-state index contributed by atoms with van der Waals surface area (Å²) in [5.41, 5.74) is 0.0120. The maximum Gasteiger partial charge on any atom is 0.354 e. The number of carboxylic acids is 1. The topological polar surface area (TPSA) is 105 Å². The largest absolute Gasteiger partial charge is 0.477 e. The van der Waals surface area contributed by atoms with Gasteiger partial charge in [0.25, 0.3) is 5.91 Å². The minimum atomic E-state index is -1.14. The van der Waals surface area contributed by atoms with Gasteiger partial charge in [0.1, 0.15) is 11.5 Å². The van der Waals surface area contributed by atoms with Gasteiger partial charge in [-0.25, -0.2) is 14.8 Å². The van der Waals surface area contributed by atoms with Crippen LogP contribution in [-0.2, 0) is 12.0 Å². The maximum atomic E-state index is 11.9. The fraction of sp³-hybridized carbons (Fsp3) is 0.333.